The highest BCUT2D eigenvalue weighted by Crippen LogP contribution is 2.31. The Balaban J connectivity index is 1.90. The first-order valence-corrected chi connectivity index (χ1v) is 9.80. The minimum atomic E-state index is -0.876. The quantitative estimate of drug-likeness (QED) is 0.711. The van der Waals surface area contributed by atoms with Gasteiger partial charge < -0.3 is 15.5 Å². The Bertz CT molecular complexity index is 862. The van der Waals surface area contributed by atoms with Crippen molar-refractivity contribution in [2.45, 2.75) is 38.8 Å². The lowest BCUT2D eigenvalue weighted by atomic mass is 10.1. The van der Waals surface area contributed by atoms with Crippen LogP contribution in [-0.2, 0) is 11.3 Å². The Kier molecular flexibility index (Phi) is 6.39. The molecule has 0 spiro atoms. The fourth-order valence-electron chi connectivity index (χ4n) is 3.57. The lowest BCUT2D eigenvalue weighted by Crippen LogP contribution is -2.39. The Labute approximate surface area is 168 Å². The molecule has 1 atom stereocenters. The molecule has 2 aromatic rings. The summed E-state index contributed by atoms with van der Waals surface area (Å²) in [6.07, 6.45) is 2.05. The molecular formula is C21H24ClF2N3O. The van der Waals surface area contributed by atoms with Gasteiger partial charge in [0.2, 0.25) is 5.91 Å². The average molecular weight is 408 g/mol. The number of carbonyl (C=O) groups excluding carboxylic acids is 1. The zero-order chi connectivity index (χ0) is 20.3. The molecular weight excluding hydrogens is 384 g/mol. The van der Waals surface area contributed by atoms with Crippen molar-refractivity contribution in [1.82, 2.24) is 4.90 Å². The van der Waals surface area contributed by atoms with Gasteiger partial charge in [0.1, 0.15) is 0 Å². The van der Waals surface area contributed by atoms with E-state index in [4.69, 9.17) is 17.3 Å². The van der Waals surface area contributed by atoms with E-state index in [1.165, 1.54) is 6.07 Å². The fraction of sp³-hybridized carbons (Fsp3) is 0.381. The van der Waals surface area contributed by atoms with Crippen LogP contribution in [0, 0.1) is 11.6 Å². The Hall–Kier alpha value is -2.34. The third-order valence-corrected chi connectivity index (χ3v) is 5.44. The molecule has 0 aliphatic carbocycles. The van der Waals surface area contributed by atoms with Gasteiger partial charge in [-0.1, -0.05) is 30.7 Å². The molecule has 3 rings (SSSR count). The molecule has 0 aromatic heterocycles. The van der Waals surface area contributed by atoms with Crippen LogP contribution in [0.15, 0.2) is 36.4 Å². The molecule has 2 N–H and O–H groups in total. The third-order valence-electron chi connectivity index (χ3n) is 5.11. The van der Waals surface area contributed by atoms with Crippen LogP contribution in [0.2, 0.25) is 5.02 Å². The van der Waals surface area contributed by atoms with Gasteiger partial charge in [0.15, 0.2) is 11.6 Å². The van der Waals surface area contributed by atoms with Crippen molar-refractivity contribution < 1.29 is 13.6 Å². The van der Waals surface area contributed by atoms with Crippen LogP contribution in [-0.4, -0.2) is 29.9 Å². The van der Waals surface area contributed by atoms with E-state index in [0.29, 0.717) is 30.2 Å². The van der Waals surface area contributed by atoms with E-state index in [2.05, 4.69) is 0 Å². The van der Waals surface area contributed by atoms with Crippen LogP contribution in [0.25, 0.3) is 0 Å². The summed E-state index contributed by atoms with van der Waals surface area (Å²) in [5.41, 5.74) is 7.29. The summed E-state index contributed by atoms with van der Waals surface area (Å²) in [6.45, 7) is 3.33. The number of hydrogen-bond acceptors (Lipinski definition) is 3. The standard InChI is InChI=1S/C21H24ClF2N3O/c1-2-4-20(28)26-10-9-16(13-26)27(15-7-8-19(25)17(22)11-15)12-14-5-3-6-18(23)21(14)24/h3,5-8,11,16H,2,4,9-10,12-13,25H2,1H3/t16-/m0/s1. The molecule has 1 aliphatic heterocycles. The van der Waals surface area contributed by atoms with E-state index in [-0.39, 0.29) is 24.1 Å². The smallest absolute Gasteiger partial charge is 0.222 e. The summed E-state index contributed by atoms with van der Waals surface area (Å²) in [7, 11) is 0. The second-order valence-electron chi connectivity index (χ2n) is 7.08. The van der Waals surface area contributed by atoms with Gasteiger partial charge in [0, 0.05) is 43.3 Å². The van der Waals surface area contributed by atoms with Crippen molar-refractivity contribution in [3.8, 4) is 0 Å². The predicted molar refractivity (Wildman–Crippen MR) is 108 cm³/mol. The number of benzene rings is 2. The molecule has 4 nitrogen and oxygen atoms in total. The molecule has 28 heavy (non-hydrogen) atoms. The van der Waals surface area contributed by atoms with Gasteiger partial charge >= 0.3 is 0 Å². The van der Waals surface area contributed by atoms with Crippen molar-refractivity contribution in [2.24, 2.45) is 0 Å². The molecule has 150 valence electrons. The molecule has 0 bridgehead atoms. The number of rotatable bonds is 6. The molecule has 1 saturated heterocycles. The molecule has 7 heteroatoms. The summed E-state index contributed by atoms with van der Waals surface area (Å²) in [5, 5.41) is 0.402. The number of nitrogen functional groups attached to an aromatic ring is 1. The van der Waals surface area contributed by atoms with Gasteiger partial charge in [-0.25, -0.2) is 8.78 Å². The van der Waals surface area contributed by atoms with Crippen molar-refractivity contribution in [3.63, 3.8) is 0 Å². The monoisotopic (exact) mass is 407 g/mol. The normalized spacial score (nSPS) is 16.4. The molecule has 1 heterocycles. The molecule has 1 fully saturated rings. The van der Waals surface area contributed by atoms with E-state index in [9.17, 15) is 13.6 Å². The van der Waals surface area contributed by atoms with Crippen LogP contribution in [0.3, 0.4) is 0 Å². The van der Waals surface area contributed by atoms with E-state index in [0.717, 1.165) is 24.6 Å². The van der Waals surface area contributed by atoms with Crippen LogP contribution in [0.5, 0.6) is 0 Å². The summed E-state index contributed by atoms with van der Waals surface area (Å²) in [4.78, 5) is 16.1. The third kappa shape index (κ3) is 4.38. The largest absolute Gasteiger partial charge is 0.398 e. The molecule has 0 unspecified atom stereocenters. The van der Waals surface area contributed by atoms with Gasteiger partial charge in [0.25, 0.3) is 0 Å². The number of amides is 1. The number of halogens is 3. The number of nitrogens with two attached hydrogens (primary N) is 1. The summed E-state index contributed by atoms with van der Waals surface area (Å²) >= 11 is 6.19. The molecule has 0 radical (unpaired) electrons. The van der Waals surface area contributed by atoms with Crippen molar-refractivity contribution in [1.29, 1.82) is 0 Å². The van der Waals surface area contributed by atoms with E-state index >= 15 is 0 Å². The van der Waals surface area contributed by atoms with E-state index in [1.54, 1.807) is 18.2 Å². The van der Waals surface area contributed by atoms with Crippen molar-refractivity contribution in [2.75, 3.05) is 23.7 Å². The molecule has 0 saturated carbocycles. The van der Waals surface area contributed by atoms with Gasteiger partial charge in [-0.3, -0.25) is 4.79 Å². The Morgan fingerprint density at radius 1 is 1.32 bits per heavy atom. The summed E-state index contributed by atoms with van der Waals surface area (Å²) < 4.78 is 28.0. The number of hydrogen-bond donors (Lipinski definition) is 1. The maximum absolute atomic E-state index is 14.3. The van der Waals surface area contributed by atoms with Gasteiger partial charge in [-0.15, -0.1) is 0 Å². The highest BCUT2D eigenvalue weighted by molar-refractivity contribution is 6.33. The van der Waals surface area contributed by atoms with Crippen molar-refractivity contribution >= 4 is 28.9 Å². The summed E-state index contributed by atoms with van der Waals surface area (Å²) in [6, 6.07) is 9.38. The van der Waals surface area contributed by atoms with Crippen LogP contribution in [0.4, 0.5) is 20.2 Å². The molecule has 1 amide bonds. The first kappa shape index (κ1) is 20.4. The van der Waals surface area contributed by atoms with E-state index < -0.39 is 11.6 Å². The Morgan fingerprint density at radius 2 is 2.11 bits per heavy atom. The Morgan fingerprint density at radius 3 is 2.82 bits per heavy atom. The fourth-order valence-corrected chi connectivity index (χ4v) is 3.75. The average Bonchev–Trinajstić information content (AvgIpc) is 3.15. The van der Waals surface area contributed by atoms with Gasteiger partial charge in [-0.05, 0) is 37.1 Å². The lowest BCUT2D eigenvalue weighted by molar-refractivity contribution is -0.130. The van der Waals surface area contributed by atoms with Crippen LogP contribution >= 0.6 is 11.6 Å². The van der Waals surface area contributed by atoms with Crippen LogP contribution in [0.1, 0.15) is 31.7 Å². The number of carbonyl (C=O) groups is 1. The maximum Gasteiger partial charge on any atom is 0.222 e. The zero-order valence-corrected chi connectivity index (χ0v) is 16.6. The lowest BCUT2D eigenvalue weighted by Gasteiger charge is -2.32. The highest BCUT2D eigenvalue weighted by Gasteiger charge is 2.31. The summed E-state index contributed by atoms with van der Waals surface area (Å²) in [5.74, 6) is -1.61. The minimum Gasteiger partial charge on any atom is -0.398 e. The predicted octanol–water partition coefficient (Wildman–Crippen LogP) is 4.61. The highest BCUT2D eigenvalue weighted by atomic mass is 35.5. The minimum absolute atomic E-state index is 0.0248. The topological polar surface area (TPSA) is 49.6 Å². The SMILES string of the molecule is CCCC(=O)N1CC[C@H](N(Cc2cccc(F)c2F)c2ccc(N)c(Cl)c2)C1. The number of anilines is 2. The maximum atomic E-state index is 14.3. The molecule has 2 aromatic carbocycles. The van der Waals surface area contributed by atoms with E-state index in [1.807, 2.05) is 22.8 Å². The molecule has 1 aliphatic rings. The van der Waals surface area contributed by atoms with Gasteiger partial charge in [0.05, 0.1) is 10.7 Å². The first-order chi connectivity index (χ1) is 13.4. The van der Waals surface area contributed by atoms with Crippen LogP contribution < -0.4 is 10.6 Å². The van der Waals surface area contributed by atoms with Gasteiger partial charge in [-0.2, -0.15) is 0 Å². The number of likely N-dealkylation sites (tertiary alicyclic amines) is 1. The second kappa shape index (κ2) is 8.78. The second-order valence-corrected chi connectivity index (χ2v) is 7.49. The zero-order valence-electron chi connectivity index (χ0n) is 15.8. The first-order valence-electron chi connectivity index (χ1n) is 9.43. The number of nitrogens with zero attached hydrogens (tertiary/aromatic N) is 2. The van der Waals surface area contributed by atoms with Crippen molar-refractivity contribution in [3.05, 3.63) is 58.6 Å².